The molecule has 0 aliphatic rings. The molecule has 0 aliphatic carbocycles. The molecule has 0 atom stereocenters. The maximum atomic E-state index is 12.5. The van der Waals surface area contributed by atoms with E-state index in [-0.39, 0.29) is 12.5 Å². The standard InChI is InChI=1S/C16H16N4O2S2/c1-10-5-6-12(22-2)11(8-10)17-14(21)9-20-15(18-19-16(20)23)13-4-3-7-24-13/h3-8H,9H2,1-2H3,(H,17,21)(H,19,23). The van der Waals surface area contributed by atoms with Crippen LogP contribution in [0, 0.1) is 11.7 Å². The molecule has 0 spiro atoms. The van der Waals surface area contributed by atoms with Gasteiger partial charge in [0.05, 0.1) is 17.7 Å². The number of amides is 1. The molecule has 2 aromatic heterocycles. The van der Waals surface area contributed by atoms with Crippen LogP contribution in [0.15, 0.2) is 35.7 Å². The van der Waals surface area contributed by atoms with E-state index in [1.54, 1.807) is 23.0 Å². The van der Waals surface area contributed by atoms with E-state index in [4.69, 9.17) is 17.0 Å². The molecule has 0 unspecified atom stereocenters. The first-order chi connectivity index (χ1) is 11.6. The SMILES string of the molecule is COc1ccc(C)cc1NC(=O)Cn1c(-c2cccs2)n[nH]c1=S. The molecule has 0 aliphatic heterocycles. The normalized spacial score (nSPS) is 10.6. The minimum absolute atomic E-state index is 0.0691. The van der Waals surface area contributed by atoms with Gasteiger partial charge >= 0.3 is 0 Å². The van der Waals surface area contributed by atoms with Crippen LogP contribution < -0.4 is 10.1 Å². The van der Waals surface area contributed by atoms with E-state index in [1.807, 2.05) is 42.6 Å². The smallest absolute Gasteiger partial charge is 0.244 e. The van der Waals surface area contributed by atoms with Gasteiger partial charge in [-0.2, -0.15) is 5.10 Å². The van der Waals surface area contributed by atoms with Crippen LogP contribution >= 0.6 is 23.6 Å². The van der Waals surface area contributed by atoms with Crippen LogP contribution in [0.4, 0.5) is 5.69 Å². The second kappa shape index (κ2) is 6.98. The number of hydrogen-bond acceptors (Lipinski definition) is 5. The molecule has 124 valence electrons. The van der Waals surface area contributed by atoms with Gasteiger partial charge in [-0.05, 0) is 48.3 Å². The Kier molecular flexibility index (Phi) is 4.77. The highest BCUT2D eigenvalue weighted by Gasteiger charge is 2.14. The predicted octanol–water partition coefficient (Wildman–Crippen LogP) is 3.62. The summed E-state index contributed by atoms with van der Waals surface area (Å²) in [4.78, 5) is 13.4. The van der Waals surface area contributed by atoms with Gasteiger partial charge < -0.3 is 10.1 Å². The number of hydrogen-bond donors (Lipinski definition) is 2. The quantitative estimate of drug-likeness (QED) is 0.682. The van der Waals surface area contributed by atoms with Gasteiger partial charge in [0, 0.05) is 0 Å². The van der Waals surface area contributed by atoms with E-state index in [9.17, 15) is 4.79 Å². The van der Waals surface area contributed by atoms with E-state index in [0.29, 0.717) is 22.0 Å². The topological polar surface area (TPSA) is 71.9 Å². The van der Waals surface area contributed by atoms with Crippen LogP contribution in [0.25, 0.3) is 10.7 Å². The molecule has 0 saturated carbocycles. The number of aromatic amines is 1. The Morgan fingerprint density at radius 3 is 3.00 bits per heavy atom. The van der Waals surface area contributed by atoms with Gasteiger partial charge in [0.15, 0.2) is 10.6 Å². The van der Waals surface area contributed by atoms with Crippen molar-refractivity contribution in [2.24, 2.45) is 0 Å². The Morgan fingerprint density at radius 1 is 1.46 bits per heavy atom. The molecule has 1 aromatic carbocycles. The Labute approximate surface area is 148 Å². The Morgan fingerprint density at radius 2 is 2.29 bits per heavy atom. The molecule has 3 aromatic rings. The average molecular weight is 360 g/mol. The molecule has 0 radical (unpaired) electrons. The molecule has 3 rings (SSSR count). The Hall–Kier alpha value is -2.45. The van der Waals surface area contributed by atoms with Crippen molar-refractivity contribution < 1.29 is 9.53 Å². The van der Waals surface area contributed by atoms with Crippen LogP contribution in [0.1, 0.15) is 5.56 Å². The summed E-state index contributed by atoms with van der Waals surface area (Å²) in [6, 6.07) is 9.49. The predicted molar refractivity (Wildman–Crippen MR) is 97.1 cm³/mol. The Bertz CT molecular complexity index is 913. The number of nitrogens with zero attached hydrogens (tertiary/aromatic N) is 2. The van der Waals surface area contributed by atoms with Crippen molar-refractivity contribution >= 4 is 35.1 Å². The number of aryl methyl sites for hydroxylation is 1. The largest absolute Gasteiger partial charge is 0.495 e. The number of carbonyl (C=O) groups is 1. The number of aromatic nitrogens is 3. The lowest BCUT2D eigenvalue weighted by Crippen LogP contribution is -2.20. The average Bonchev–Trinajstić information content (AvgIpc) is 3.18. The fourth-order valence-corrected chi connectivity index (χ4v) is 3.23. The van der Waals surface area contributed by atoms with Crippen molar-refractivity contribution in [1.29, 1.82) is 0 Å². The fourth-order valence-electron chi connectivity index (χ4n) is 2.31. The van der Waals surface area contributed by atoms with E-state index < -0.39 is 0 Å². The van der Waals surface area contributed by atoms with E-state index >= 15 is 0 Å². The maximum Gasteiger partial charge on any atom is 0.244 e. The van der Waals surface area contributed by atoms with Gasteiger partial charge in [-0.1, -0.05) is 12.1 Å². The number of ether oxygens (including phenoxy) is 1. The van der Waals surface area contributed by atoms with Gasteiger partial charge in [0.25, 0.3) is 0 Å². The highest BCUT2D eigenvalue weighted by atomic mass is 32.1. The van der Waals surface area contributed by atoms with Crippen LogP contribution in [0.3, 0.4) is 0 Å². The minimum Gasteiger partial charge on any atom is -0.495 e. The van der Waals surface area contributed by atoms with E-state index in [2.05, 4.69) is 15.5 Å². The summed E-state index contributed by atoms with van der Waals surface area (Å²) in [6.07, 6.45) is 0. The van der Waals surface area contributed by atoms with Crippen LogP contribution in [0.5, 0.6) is 5.75 Å². The molecule has 8 heteroatoms. The number of rotatable bonds is 5. The lowest BCUT2D eigenvalue weighted by molar-refractivity contribution is -0.116. The first-order valence-corrected chi connectivity index (χ1v) is 8.51. The molecule has 0 fully saturated rings. The third kappa shape index (κ3) is 3.39. The number of thiophene rings is 1. The second-order valence-corrected chi connectivity index (χ2v) is 6.50. The van der Waals surface area contributed by atoms with Gasteiger partial charge in [0.1, 0.15) is 12.3 Å². The molecular formula is C16H16N4O2S2. The van der Waals surface area contributed by atoms with E-state index in [0.717, 1.165) is 10.4 Å². The summed E-state index contributed by atoms with van der Waals surface area (Å²) in [5.74, 6) is 1.07. The number of nitrogens with one attached hydrogen (secondary N) is 2. The lowest BCUT2D eigenvalue weighted by Gasteiger charge is -2.12. The summed E-state index contributed by atoms with van der Waals surface area (Å²) >= 11 is 6.79. The van der Waals surface area contributed by atoms with Crippen molar-refractivity contribution in [2.45, 2.75) is 13.5 Å². The maximum absolute atomic E-state index is 12.5. The third-order valence-corrected chi connectivity index (χ3v) is 4.61. The number of anilines is 1. The lowest BCUT2D eigenvalue weighted by atomic mass is 10.2. The zero-order chi connectivity index (χ0) is 17.1. The summed E-state index contributed by atoms with van der Waals surface area (Å²) in [6.45, 7) is 2.02. The van der Waals surface area contributed by atoms with Crippen molar-refractivity contribution in [3.8, 4) is 16.5 Å². The van der Waals surface area contributed by atoms with Crippen LogP contribution in [0.2, 0.25) is 0 Å². The molecule has 0 saturated heterocycles. The number of methoxy groups -OCH3 is 1. The zero-order valence-corrected chi connectivity index (χ0v) is 14.8. The fraction of sp³-hybridized carbons (Fsp3) is 0.188. The number of benzene rings is 1. The van der Waals surface area contributed by atoms with Crippen LogP contribution in [-0.2, 0) is 11.3 Å². The second-order valence-electron chi connectivity index (χ2n) is 5.17. The van der Waals surface area contributed by atoms with Gasteiger partial charge in [0.2, 0.25) is 5.91 Å². The van der Waals surface area contributed by atoms with Gasteiger partial charge in [-0.15, -0.1) is 11.3 Å². The van der Waals surface area contributed by atoms with Gasteiger partial charge in [-0.3, -0.25) is 14.5 Å². The zero-order valence-electron chi connectivity index (χ0n) is 13.2. The summed E-state index contributed by atoms with van der Waals surface area (Å²) in [7, 11) is 1.57. The molecule has 24 heavy (non-hydrogen) atoms. The first-order valence-electron chi connectivity index (χ1n) is 7.22. The first kappa shape index (κ1) is 16.4. The summed E-state index contributed by atoms with van der Waals surface area (Å²) in [5, 5.41) is 11.8. The van der Waals surface area contributed by atoms with Crippen molar-refractivity contribution in [1.82, 2.24) is 14.8 Å². The van der Waals surface area contributed by atoms with Crippen LogP contribution in [-0.4, -0.2) is 27.8 Å². The third-order valence-electron chi connectivity index (χ3n) is 3.43. The van der Waals surface area contributed by atoms with Gasteiger partial charge in [-0.25, -0.2) is 0 Å². The number of carbonyl (C=O) groups excluding carboxylic acids is 1. The van der Waals surface area contributed by atoms with E-state index in [1.165, 1.54) is 0 Å². The molecule has 2 N–H and O–H groups in total. The number of H-pyrrole nitrogens is 1. The van der Waals surface area contributed by atoms with Crippen molar-refractivity contribution in [2.75, 3.05) is 12.4 Å². The summed E-state index contributed by atoms with van der Waals surface area (Å²) < 4.78 is 7.37. The summed E-state index contributed by atoms with van der Waals surface area (Å²) in [5.41, 5.74) is 1.67. The molecule has 6 nitrogen and oxygen atoms in total. The monoisotopic (exact) mass is 360 g/mol. The molecular weight excluding hydrogens is 344 g/mol. The van der Waals surface area contributed by atoms with Crippen molar-refractivity contribution in [3.05, 3.63) is 46.0 Å². The Balaban J connectivity index is 1.83. The molecule has 2 heterocycles. The van der Waals surface area contributed by atoms with Crippen molar-refractivity contribution in [3.63, 3.8) is 0 Å². The molecule has 0 bridgehead atoms. The highest BCUT2D eigenvalue weighted by molar-refractivity contribution is 7.71. The minimum atomic E-state index is -0.200. The highest BCUT2D eigenvalue weighted by Crippen LogP contribution is 2.26. The molecule has 1 amide bonds.